The number of nitrogens with zero attached hydrogens (tertiary/aromatic N) is 1. The van der Waals surface area contributed by atoms with Gasteiger partial charge in [0.15, 0.2) is 0 Å². The summed E-state index contributed by atoms with van der Waals surface area (Å²) in [6.07, 6.45) is 4.98. The number of ether oxygens (including phenoxy) is 2. The van der Waals surface area contributed by atoms with Gasteiger partial charge in [-0.2, -0.15) is 0 Å². The third-order valence-electron chi connectivity index (χ3n) is 3.53. The zero-order valence-electron chi connectivity index (χ0n) is 13.9. The topological polar surface area (TPSA) is 55.8 Å². The summed E-state index contributed by atoms with van der Waals surface area (Å²) < 4.78 is 10.9. The summed E-state index contributed by atoms with van der Waals surface area (Å²) in [5.74, 6) is -0.329. The van der Waals surface area contributed by atoms with Crippen LogP contribution in [0.1, 0.15) is 53.9 Å². The number of methoxy groups -OCH3 is 1. The van der Waals surface area contributed by atoms with Crippen LogP contribution in [0, 0.1) is 0 Å². The van der Waals surface area contributed by atoms with E-state index in [2.05, 4.69) is 6.92 Å². The molecular formula is C16H27NO4. The molecule has 0 saturated carbocycles. The first-order chi connectivity index (χ1) is 9.62. The second kappa shape index (κ2) is 6.60. The minimum Gasteiger partial charge on any atom is -0.443 e. The van der Waals surface area contributed by atoms with Gasteiger partial charge < -0.3 is 9.47 Å². The van der Waals surface area contributed by atoms with E-state index in [0.717, 1.165) is 12.8 Å². The summed E-state index contributed by atoms with van der Waals surface area (Å²) in [4.78, 5) is 25.3. The monoisotopic (exact) mass is 297 g/mol. The summed E-state index contributed by atoms with van der Waals surface area (Å²) in [6, 6.07) is -0.316. The largest absolute Gasteiger partial charge is 0.443 e. The molecule has 1 aliphatic heterocycles. The fourth-order valence-electron chi connectivity index (χ4n) is 2.48. The van der Waals surface area contributed by atoms with E-state index in [1.807, 2.05) is 6.92 Å². The molecule has 2 amide bonds. The van der Waals surface area contributed by atoms with E-state index in [0.29, 0.717) is 6.42 Å². The van der Waals surface area contributed by atoms with Crippen LogP contribution in [-0.4, -0.2) is 41.3 Å². The lowest BCUT2D eigenvalue weighted by molar-refractivity contribution is -0.126. The quantitative estimate of drug-likeness (QED) is 0.781. The fraction of sp³-hybridized carbons (Fsp3) is 0.750. The molecule has 0 bridgehead atoms. The summed E-state index contributed by atoms with van der Waals surface area (Å²) in [5.41, 5.74) is -0.993. The predicted octanol–water partition coefficient (Wildman–Crippen LogP) is 3.28. The molecule has 0 spiro atoms. The maximum atomic E-state index is 12.2. The normalized spacial score (nSPS) is 21.5. The smallest absolute Gasteiger partial charge is 0.417 e. The Balaban J connectivity index is 2.84. The molecule has 120 valence electrons. The van der Waals surface area contributed by atoms with Gasteiger partial charge in [0.2, 0.25) is 0 Å². The highest BCUT2D eigenvalue weighted by Crippen LogP contribution is 2.29. The van der Waals surface area contributed by atoms with Crippen molar-refractivity contribution in [3.05, 3.63) is 12.2 Å². The van der Waals surface area contributed by atoms with Crippen LogP contribution >= 0.6 is 0 Å². The molecule has 0 unspecified atom stereocenters. The van der Waals surface area contributed by atoms with E-state index >= 15 is 0 Å². The van der Waals surface area contributed by atoms with Crippen LogP contribution in [0.25, 0.3) is 0 Å². The van der Waals surface area contributed by atoms with Crippen molar-refractivity contribution in [2.45, 2.75) is 71.1 Å². The molecule has 0 aliphatic carbocycles. The Bertz CT molecular complexity index is 424. The molecule has 21 heavy (non-hydrogen) atoms. The van der Waals surface area contributed by atoms with E-state index in [4.69, 9.17) is 9.47 Å². The molecule has 1 rings (SSSR count). The summed E-state index contributed by atoms with van der Waals surface area (Å²) in [5, 5.41) is 0. The third-order valence-corrected chi connectivity index (χ3v) is 3.53. The van der Waals surface area contributed by atoms with Crippen LogP contribution in [0.2, 0.25) is 0 Å². The van der Waals surface area contributed by atoms with Crippen molar-refractivity contribution in [3.63, 3.8) is 0 Å². The molecule has 0 radical (unpaired) electrons. The van der Waals surface area contributed by atoms with Crippen molar-refractivity contribution in [1.29, 1.82) is 0 Å². The number of amides is 2. The average Bonchev–Trinajstić information content (AvgIpc) is 2.68. The average molecular weight is 297 g/mol. The molecule has 0 aromatic rings. The zero-order chi connectivity index (χ0) is 16.3. The Hall–Kier alpha value is -1.36. The van der Waals surface area contributed by atoms with Crippen LogP contribution in [-0.2, 0) is 14.3 Å². The Labute approximate surface area is 127 Å². The van der Waals surface area contributed by atoms with E-state index in [1.54, 1.807) is 34.0 Å². The zero-order valence-corrected chi connectivity index (χ0v) is 13.9. The number of carbonyl (C=O) groups excluding carboxylic acids is 2. The Morgan fingerprint density at radius 3 is 2.43 bits per heavy atom. The SMILES string of the molecule is CCC[C@@](C)(C[C@H]1C=CC(=O)N1C(=O)OC(C)(C)C)OC. The Kier molecular flexibility index (Phi) is 5.56. The first kappa shape index (κ1) is 17.7. The maximum Gasteiger partial charge on any atom is 0.417 e. The molecule has 5 heteroatoms. The van der Waals surface area contributed by atoms with Crippen molar-refractivity contribution in [2.75, 3.05) is 7.11 Å². The van der Waals surface area contributed by atoms with Gasteiger partial charge in [0, 0.05) is 19.6 Å². The van der Waals surface area contributed by atoms with Gasteiger partial charge in [-0.15, -0.1) is 0 Å². The molecule has 0 aromatic heterocycles. The summed E-state index contributed by atoms with van der Waals surface area (Å²) >= 11 is 0. The number of hydrogen-bond donors (Lipinski definition) is 0. The van der Waals surface area contributed by atoms with E-state index in [9.17, 15) is 9.59 Å². The number of imide groups is 1. The van der Waals surface area contributed by atoms with E-state index in [-0.39, 0.29) is 17.6 Å². The summed E-state index contributed by atoms with van der Waals surface area (Å²) in [6.45, 7) is 9.43. The maximum absolute atomic E-state index is 12.2. The van der Waals surface area contributed by atoms with Crippen molar-refractivity contribution >= 4 is 12.0 Å². The van der Waals surface area contributed by atoms with Gasteiger partial charge in [0.05, 0.1) is 11.6 Å². The lowest BCUT2D eigenvalue weighted by Crippen LogP contribution is -2.46. The van der Waals surface area contributed by atoms with Gasteiger partial charge in [0.1, 0.15) is 5.60 Å². The Morgan fingerprint density at radius 2 is 1.95 bits per heavy atom. The van der Waals surface area contributed by atoms with Gasteiger partial charge in [0.25, 0.3) is 5.91 Å². The molecule has 1 aliphatic rings. The van der Waals surface area contributed by atoms with E-state index < -0.39 is 11.7 Å². The highest BCUT2D eigenvalue weighted by Gasteiger charge is 2.38. The van der Waals surface area contributed by atoms with Gasteiger partial charge >= 0.3 is 6.09 Å². The molecule has 5 nitrogen and oxygen atoms in total. The predicted molar refractivity (Wildman–Crippen MR) is 80.9 cm³/mol. The first-order valence-corrected chi connectivity index (χ1v) is 7.41. The van der Waals surface area contributed by atoms with Gasteiger partial charge in [-0.3, -0.25) is 4.79 Å². The molecule has 0 aromatic carbocycles. The third kappa shape index (κ3) is 4.84. The van der Waals surface area contributed by atoms with Crippen LogP contribution < -0.4 is 0 Å². The highest BCUT2D eigenvalue weighted by molar-refractivity contribution is 6.01. The number of hydrogen-bond acceptors (Lipinski definition) is 4. The van der Waals surface area contributed by atoms with Crippen LogP contribution in [0.15, 0.2) is 12.2 Å². The second-order valence-electron chi connectivity index (χ2n) is 6.72. The Morgan fingerprint density at radius 1 is 1.33 bits per heavy atom. The van der Waals surface area contributed by atoms with E-state index in [1.165, 1.54) is 11.0 Å². The van der Waals surface area contributed by atoms with Crippen LogP contribution in [0.4, 0.5) is 4.79 Å². The van der Waals surface area contributed by atoms with Crippen molar-refractivity contribution < 1.29 is 19.1 Å². The van der Waals surface area contributed by atoms with Crippen LogP contribution in [0.3, 0.4) is 0 Å². The lowest BCUT2D eigenvalue weighted by Gasteiger charge is -2.34. The number of carbonyl (C=O) groups is 2. The summed E-state index contributed by atoms with van der Waals surface area (Å²) in [7, 11) is 1.66. The van der Waals surface area contributed by atoms with Crippen LogP contribution in [0.5, 0.6) is 0 Å². The molecular weight excluding hydrogens is 270 g/mol. The van der Waals surface area contributed by atoms with Gasteiger partial charge in [-0.05, 0) is 34.1 Å². The second-order valence-corrected chi connectivity index (χ2v) is 6.72. The molecule has 2 atom stereocenters. The van der Waals surface area contributed by atoms with Crippen molar-refractivity contribution in [3.8, 4) is 0 Å². The minimum absolute atomic E-state index is 0.316. The molecule has 0 N–H and O–H groups in total. The standard InChI is InChI=1S/C16H27NO4/c1-7-10-16(5,20-6)11-12-8-9-13(18)17(12)14(19)21-15(2,3)4/h8-9,12H,7,10-11H2,1-6H3/t12-,16+/m1/s1. The molecule has 1 heterocycles. The van der Waals surface area contributed by atoms with Gasteiger partial charge in [-0.25, -0.2) is 9.69 Å². The number of rotatable bonds is 5. The highest BCUT2D eigenvalue weighted by atomic mass is 16.6. The fourth-order valence-corrected chi connectivity index (χ4v) is 2.48. The lowest BCUT2D eigenvalue weighted by atomic mass is 9.92. The van der Waals surface area contributed by atoms with Crippen molar-refractivity contribution in [1.82, 2.24) is 4.90 Å². The molecule has 0 fully saturated rings. The minimum atomic E-state index is -0.627. The van der Waals surface area contributed by atoms with Crippen molar-refractivity contribution in [2.24, 2.45) is 0 Å². The first-order valence-electron chi connectivity index (χ1n) is 7.41. The molecule has 0 saturated heterocycles. The van der Waals surface area contributed by atoms with Gasteiger partial charge in [-0.1, -0.05) is 19.4 Å².